The lowest BCUT2D eigenvalue weighted by molar-refractivity contribution is 0.378. The Bertz CT molecular complexity index is 640. The van der Waals surface area contributed by atoms with Crippen molar-refractivity contribution in [3.63, 3.8) is 0 Å². The third-order valence-corrected chi connectivity index (χ3v) is 4.24. The minimum Gasteiger partial charge on any atom is -0.302 e. The number of hydrogen-bond donors (Lipinski definition) is 0. The summed E-state index contributed by atoms with van der Waals surface area (Å²) in [5, 5.41) is 0.793. The van der Waals surface area contributed by atoms with E-state index in [0.717, 1.165) is 21.6 Å². The predicted molar refractivity (Wildman–Crippen MR) is 76.4 cm³/mol. The van der Waals surface area contributed by atoms with E-state index >= 15 is 0 Å². The van der Waals surface area contributed by atoms with Crippen LogP contribution in [0.5, 0.6) is 0 Å². The molecular weight excluding hydrogens is 246 g/mol. The monoisotopic (exact) mass is 265 g/mol. The Hall–Kier alpha value is -1.20. The summed E-state index contributed by atoms with van der Waals surface area (Å²) in [4.78, 5) is 21.3. The molecule has 2 aromatic rings. The van der Waals surface area contributed by atoms with Crippen molar-refractivity contribution in [3.8, 4) is 0 Å². The highest BCUT2D eigenvalue weighted by Gasteiger charge is 2.15. The van der Waals surface area contributed by atoms with Crippen LogP contribution in [0, 0.1) is 13.8 Å². The fraction of sp³-hybridized carbons (Fsp3) is 0.538. The maximum atomic E-state index is 12.5. The van der Waals surface area contributed by atoms with Crippen molar-refractivity contribution in [2.24, 2.45) is 0 Å². The second-order valence-electron chi connectivity index (χ2n) is 4.78. The molecule has 2 rings (SSSR count). The lowest BCUT2D eigenvalue weighted by atomic mass is 10.2. The molecule has 2 aromatic heterocycles. The summed E-state index contributed by atoms with van der Waals surface area (Å²) < 4.78 is 1.78. The zero-order valence-electron chi connectivity index (χ0n) is 11.6. The van der Waals surface area contributed by atoms with E-state index in [9.17, 15) is 4.79 Å². The summed E-state index contributed by atoms with van der Waals surface area (Å²) in [5.74, 6) is 0.848. The molecule has 98 valence electrons. The number of rotatable bonds is 3. The van der Waals surface area contributed by atoms with Gasteiger partial charge in [0, 0.05) is 11.4 Å². The maximum Gasteiger partial charge on any atom is 0.262 e. The first-order chi connectivity index (χ1) is 8.45. The number of fused-ring (bicyclic) bond motifs is 1. The third kappa shape index (κ3) is 2.08. The Morgan fingerprint density at radius 2 is 2.00 bits per heavy atom. The SMILES string of the molecule is CCn1c(CN(C)C)nc2sc(C)c(C)c2c1=O. The molecule has 18 heavy (non-hydrogen) atoms. The number of aryl methyl sites for hydroxylation is 2. The summed E-state index contributed by atoms with van der Waals surface area (Å²) in [6.07, 6.45) is 0. The zero-order valence-corrected chi connectivity index (χ0v) is 12.4. The first-order valence-electron chi connectivity index (χ1n) is 6.09. The van der Waals surface area contributed by atoms with Crippen LogP contribution in [0.15, 0.2) is 4.79 Å². The van der Waals surface area contributed by atoms with Gasteiger partial charge in [-0.05, 0) is 40.4 Å². The lowest BCUT2D eigenvalue weighted by Gasteiger charge is -2.14. The lowest BCUT2D eigenvalue weighted by Crippen LogP contribution is -2.27. The first kappa shape index (κ1) is 13.2. The highest BCUT2D eigenvalue weighted by molar-refractivity contribution is 7.18. The van der Waals surface area contributed by atoms with Crippen molar-refractivity contribution in [3.05, 3.63) is 26.6 Å². The first-order valence-corrected chi connectivity index (χ1v) is 6.91. The van der Waals surface area contributed by atoms with E-state index in [1.807, 2.05) is 39.8 Å². The van der Waals surface area contributed by atoms with Gasteiger partial charge in [-0.3, -0.25) is 9.36 Å². The van der Waals surface area contributed by atoms with E-state index in [1.54, 1.807) is 15.9 Å². The highest BCUT2D eigenvalue weighted by atomic mass is 32.1. The molecule has 0 saturated carbocycles. The van der Waals surface area contributed by atoms with Crippen LogP contribution in [-0.2, 0) is 13.1 Å². The van der Waals surface area contributed by atoms with Crippen LogP contribution in [0.1, 0.15) is 23.2 Å². The van der Waals surface area contributed by atoms with E-state index in [4.69, 9.17) is 0 Å². The van der Waals surface area contributed by atoms with Gasteiger partial charge < -0.3 is 4.90 Å². The van der Waals surface area contributed by atoms with Crippen LogP contribution in [0.25, 0.3) is 10.2 Å². The topological polar surface area (TPSA) is 38.1 Å². The average Bonchev–Trinajstić information content (AvgIpc) is 2.54. The van der Waals surface area contributed by atoms with Gasteiger partial charge in [-0.2, -0.15) is 0 Å². The van der Waals surface area contributed by atoms with Crippen LogP contribution >= 0.6 is 11.3 Å². The molecule has 0 fully saturated rings. The third-order valence-electron chi connectivity index (χ3n) is 3.14. The normalized spacial score (nSPS) is 11.7. The van der Waals surface area contributed by atoms with Crippen LogP contribution in [-0.4, -0.2) is 28.5 Å². The fourth-order valence-electron chi connectivity index (χ4n) is 2.10. The summed E-state index contributed by atoms with van der Waals surface area (Å²) in [6.45, 7) is 7.39. The maximum absolute atomic E-state index is 12.5. The molecule has 0 radical (unpaired) electrons. The molecular formula is C13H19N3OS. The Morgan fingerprint density at radius 1 is 1.33 bits per heavy atom. The van der Waals surface area contributed by atoms with Gasteiger partial charge in [-0.15, -0.1) is 11.3 Å². The number of nitrogens with zero attached hydrogens (tertiary/aromatic N) is 3. The van der Waals surface area contributed by atoms with Gasteiger partial charge in [0.2, 0.25) is 0 Å². The molecule has 0 saturated heterocycles. The van der Waals surface area contributed by atoms with E-state index in [1.165, 1.54) is 4.88 Å². The van der Waals surface area contributed by atoms with E-state index < -0.39 is 0 Å². The Balaban J connectivity index is 2.77. The van der Waals surface area contributed by atoms with Crippen molar-refractivity contribution in [1.29, 1.82) is 0 Å². The molecule has 0 N–H and O–H groups in total. The van der Waals surface area contributed by atoms with Gasteiger partial charge in [0.1, 0.15) is 10.7 Å². The minimum absolute atomic E-state index is 0.0983. The van der Waals surface area contributed by atoms with Crippen molar-refractivity contribution >= 4 is 21.6 Å². The average molecular weight is 265 g/mol. The van der Waals surface area contributed by atoms with E-state index in [-0.39, 0.29) is 5.56 Å². The van der Waals surface area contributed by atoms with Gasteiger partial charge in [-0.25, -0.2) is 4.98 Å². The Morgan fingerprint density at radius 3 is 2.56 bits per heavy atom. The smallest absolute Gasteiger partial charge is 0.262 e. The molecule has 5 heteroatoms. The standard InChI is InChI=1S/C13H19N3OS/c1-6-16-10(7-15(4)5)14-12-11(13(16)17)8(2)9(3)18-12/h6-7H2,1-5H3. The van der Waals surface area contributed by atoms with Gasteiger partial charge in [-0.1, -0.05) is 0 Å². The summed E-state index contributed by atoms with van der Waals surface area (Å²) in [5.41, 5.74) is 1.17. The summed E-state index contributed by atoms with van der Waals surface area (Å²) in [7, 11) is 3.97. The number of aromatic nitrogens is 2. The minimum atomic E-state index is 0.0983. The fourth-order valence-corrected chi connectivity index (χ4v) is 3.14. The van der Waals surface area contributed by atoms with Crippen LogP contribution < -0.4 is 5.56 Å². The molecule has 2 heterocycles. The zero-order chi connectivity index (χ0) is 13.4. The van der Waals surface area contributed by atoms with Crippen LogP contribution in [0.3, 0.4) is 0 Å². The number of thiophene rings is 1. The highest BCUT2D eigenvalue weighted by Crippen LogP contribution is 2.26. The predicted octanol–water partition coefficient (Wildman–Crippen LogP) is 2.16. The second kappa shape index (κ2) is 4.82. The molecule has 0 aromatic carbocycles. The molecule has 0 atom stereocenters. The molecule has 0 bridgehead atoms. The van der Waals surface area contributed by atoms with Crippen LogP contribution in [0.2, 0.25) is 0 Å². The molecule has 0 aliphatic rings. The molecule has 0 unspecified atom stereocenters. The molecule has 0 amide bonds. The molecule has 0 aliphatic heterocycles. The van der Waals surface area contributed by atoms with Gasteiger partial charge in [0.05, 0.1) is 11.9 Å². The van der Waals surface area contributed by atoms with Crippen LogP contribution in [0.4, 0.5) is 0 Å². The molecule has 4 nitrogen and oxygen atoms in total. The molecule has 0 aliphatic carbocycles. The van der Waals surface area contributed by atoms with Gasteiger partial charge in [0.25, 0.3) is 5.56 Å². The molecule has 0 spiro atoms. The van der Waals surface area contributed by atoms with Gasteiger partial charge in [0.15, 0.2) is 0 Å². The van der Waals surface area contributed by atoms with Crippen molar-refractivity contribution in [1.82, 2.24) is 14.5 Å². The van der Waals surface area contributed by atoms with E-state index in [0.29, 0.717) is 13.1 Å². The summed E-state index contributed by atoms with van der Waals surface area (Å²) >= 11 is 1.61. The Labute approximate surface area is 111 Å². The van der Waals surface area contributed by atoms with Crippen molar-refractivity contribution in [2.45, 2.75) is 33.9 Å². The Kier molecular flexibility index (Phi) is 3.54. The second-order valence-corrected chi connectivity index (χ2v) is 5.98. The number of hydrogen-bond acceptors (Lipinski definition) is 4. The van der Waals surface area contributed by atoms with Crippen molar-refractivity contribution < 1.29 is 0 Å². The largest absolute Gasteiger partial charge is 0.302 e. The quantitative estimate of drug-likeness (QED) is 0.853. The van der Waals surface area contributed by atoms with E-state index in [2.05, 4.69) is 4.98 Å². The van der Waals surface area contributed by atoms with Crippen molar-refractivity contribution in [2.75, 3.05) is 14.1 Å². The summed E-state index contributed by atoms with van der Waals surface area (Å²) in [6, 6.07) is 0. The van der Waals surface area contributed by atoms with Gasteiger partial charge >= 0.3 is 0 Å².